The first-order valence-electron chi connectivity index (χ1n) is 11.6. The Bertz CT molecular complexity index is 1060. The fourth-order valence-corrected chi connectivity index (χ4v) is 4.64. The van der Waals surface area contributed by atoms with Gasteiger partial charge in [-0.3, -0.25) is 9.59 Å². The fourth-order valence-electron chi connectivity index (χ4n) is 4.64. The van der Waals surface area contributed by atoms with Gasteiger partial charge < -0.3 is 9.47 Å². The third kappa shape index (κ3) is 4.74. The highest BCUT2D eigenvalue weighted by Crippen LogP contribution is 2.35. The second kappa shape index (κ2) is 9.48. The van der Waals surface area contributed by atoms with Gasteiger partial charge in [0.1, 0.15) is 11.5 Å². The van der Waals surface area contributed by atoms with Gasteiger partial charge in [-0.05, 0) is 132 Å². The van der Waals surface area contributed by atoms with Gasteiger partial charge in [-0.15, -0.1) is 0 Å². The molecule has 2 aromatic carbocycles. The summed E-state index contributed by atoms with van der Waals surface area (Å²) in [6.45, 7) is 16.3. The standard InChI is InChI=1S/C28H36O4/c1-15-13-17(3)26(22(8)19(15)5)32-28(30)24-11-9-23(10-12-24)27(29)31-25-14-16(2)18(4)20(6)21(25)7/h13-14,23-24H,9-12H2,1-8H3. The Morgan fingerprint density at radius 3 is 1.62 bits per heavy atom. The van der Waals surface area contributed by atoms with Gasteiger partial charge in [0.2, 0.25) is 0 Å². The van der Waals surface area contributed by atoms with Gasteiger partial charge in [0, 0.05) is 0 Å². The Hall–Kier alpha value is -2.62. The molecule has 0 saturated heterocycles. The molecule has 0 radical (unpaired) electrons. The van der Waals surface area contributed by atoms with Gasteiger partial charge in [0.05, 0.1) is 11.8 Å². The van der Waals surface area contributed by atoms with Crippen LogP contribution >= 0.6 is 0 Å². The SMILES string of the molecule is Cc1cc(OC(=O)C2CCC(C(=O)Oc3c(C)cc(C)c(C)c3C)CC2)c(C)c(C)c1C. The van der Waals surface area contributed by atoms with E-state index >= 15 is 0 Å². The lowest BCUT2D eigenvalue weighted by Gasteiger charge is -2.27. The number of esters is 2. The van der Waals surface area contributed by atoms with Crippen LogP contribution in [0.1, 0.15) is 70.2 Å². The topological polar surface area (TPSA) is 52.6 Å². The highest BCUT2D eigenvalue weighted by Gasteiger charge is 2.33. The Morgan fingerprint density at radius 2 is 1.06 bits per heavy atom. The van der Waals surface area contributed by atoms with E-state index in [2.05, 4.69) is 33.8 Å². The van der Waals surface area contributed by atoms with Crippen LogP contribution in [0.2, 0.25) is 0 Å². The average molecular weight is 437 g/mol. The Labute approximate surface area is 192 Å². The summed E-state index contributed by atoms with van der Waals surface area (Å²) in [7, 11) is 0. The summed E-state index contributed by atoms with van der Waals surface area (Å²) in [6, 6.07) is 4.02. The van der Waals surface area contributed by atoms with E-state index in [1.54, 1.807) is 0 Å². The number of carbonyl (C=O) groups excluding carboxylic acids is 2. The first-order chi connectivity index (χ1) is 15.0. The summed E-state index contributed by atoms with van der Waals surface area (Å²) in [6.07, 6.45) is 2.58. The van der Waals surface area contributed by atoms with Crippen LogP contribution in [0, 0.1) is 67.2 Å². The summed E-state index contributed by atoms with van der Waals surface area (Å²) < 4.78 is 11.6. The van der Waals surface area contributed by atoms with E-state index in [4.69, 9.17) is 9.47 Å². The summed E-state index contributed by atoms with van der Waals surface area (Å²) in [5.74, 6) is 0.601. The van der Waals surface area contributed by atoms with Crippen LogP contribution in [0.15, 0.2) is 12.1 Å². The molecule has 0 amide bonds. The number of rotatable bonds is 4. The van der Waals surface area contributed by atoms with E-state index in [9.17, 15) is 9.59 Å². The van der Waals surface area contributed by atoms with Crippen molar-refractivity contribution in [2.45, 2.75) is 81.1 Å². The quantitative estimate of drug-likeness (QED) is 0.407. The molecule has 0 aliphatic heterocycles. The molecule has 0 heterocycles. The molecule has 4 nitrogen and oxygen atoms in total. The van der Waals surface area contributed by atoms with Crippen molar-refractivity contribution in [1.29, 1.82) is 0 Å². The van der Waals surface area contributed by atoms with Gasteiger partial charge in [-0.25, -0.2) is 0 Å². The maximum Gasteiger partial charge on any atom is 0.314 e. The normalized spacial score (nSPS) is 18.4. The maximum absolute atomic E-state index is 12.8. The number of aryl methyl sites for hydroxylation is 3. The summed E-state index contributed by atoms with van der Waals surface area (Å²) in [5, 5.41) is 0. The zero-order chi connectivity index (χ0) is 23.7. The number of hydrogen-bond acceptors (Lipinski definition) is 4. The minimum atomic E-state index is -0.191. The monoisotopic (exact) mass is 436 g/mol. The third-order valence-corrected chi connectivity index (χ3v) is 7.53. The molecular weight excluding hydrogens is 400 g/mol. The highest BCUT2D eigenvalue weighted by atomic mass is 16.5. The van der Waals surface area contributed by atoms with Crippen molar-refractivity contribution in [2.75, 3.05) is 0 Å². The van der Waals surface area contributed by atoms with E-state index in [0.717, 1.165) is 33.4 Å². The fraction of sp³-hybridized carbons (Fsp3) is 0.500. The second-order valence-corrected chi connectivity index (χ2v) is 9.55. The number of hydrogen-bond donors (Lipinski definition) is 0. The van der Waals surface area contributed by atoms with Crippen molar-refractivity contribution >= 4 is 11.9 Å². The van der Waals surface area contributed by atoms with Crippen LogP contribution in [-0.4, -0.2) is 11.9 Å². The van der Waals surface area contributed by atoms with Crippen molar-refractivity contribution in [1.82, 2.24) is 0 Å². The minimum Gasteiger partial charge on any atom is -0.426 e. The van der Waals surface area contributed by atoms with Crippen LogP contribution in [0.4, 0.5) is 0 Å². The van der Waals surface area contributed by atoms with Crippen LogP contribution in [0.25, 0.3) is 0 Å². The number of carbonyl (C=O) groups is 2. The number of benzene rings is 2. The van der Waals surface area contributed by atoms with Gasteiger partial charge >= 0.3 is 11.9 Å². The van der Waals surface area contributed by atoms with Gasteiger partial charge in [-0.1, -0.05) is 6.07 Å². The molecule has 0 bridgehead atoms. The number of ether oxygens (including phenoxy) is 2. The van der Waals surface area contributed by atoms with Gasteiger partial charge in [-0.2, -0.15) is 0 Å². The molecular formula is C28H36O4. The van der Waals surface area contributed by atoms with Crippen LogP contribution in [0.3, 0.4) is 0 Å². The summed E-state index contributed by atoms with van der Waals surface area (Å²) in [4.78, 5) is 25.7. The summed E-state index contributed by atoms with van der Waals surface area (Å²) in [5.41, 5.74) is 8.89. The Balaban J connectivity index is 1.61. The van der Waals surface area contributed by atoms with Crippen molar-refractivity contribution in [2.24, 2.45) is 11.8 Å². The molecule has 0 atom stereocenters. The van der Waals surface area contributed by atoms with Crippen molar-refractivity contribution in [3.05, 3.63) is 56.6 Å². The van der Waals surface area contributed by atoms with Crippen LogP contribution < -0.4 is 9.47 Å². The lowest BCUT2D eigenvalue weighted by atomic mass is 9.82. The Kier molecular flexibility index (Phi) is 7.12. The average Bonchev–Trinajstić information content (AvgIpc) is 2.77. The molecule has 3 rings (SSSR count). The Morgan fingerprint density at radius 1 is 0.594 bits per heavy atom. The van der Waals surface area contributed by atoms with Crippen molar-refractivity contribution < 1.29 is 19.1 Å². The molecule has 0 unspecified atom stereocenters. The largest absolute Gasteiger partial charge is 0.426 e. The molecule has 1 aliphatic carbocycles. The maximum atomic E-state index is 12.8. The summed E-state index contributed by atoms with van der Waals surface area (Å²) >= 11 is 0. The van der Waals surface area contributed by atoms with Gasteiger partial charge in [0.25, 0.3) is 0 Å². The van der Waals surface area contributed by atoms with Crippen molar-refractivity contribution in [3.63, 3.8) is 0 Å². The van der Waals surface area contributed by atoms with Crippen LogP contribution in [-0.2, 0) is 9.59 Å². The molecule has 0 aromatic heterocycles. The molecule has 1 aliphatic rings. The van der Waals surface area contributed by atoms with E-state index in [1.807, 2.05) is 33.8 Å². The van der Waals surface area contributed by atoms with E-state index in [-0.39, 0.29) is 23.8 Å². The molecule has 1 saturated carbocycles. The lowest BCUT2D eigenvalue weighted by Crippen LogP contribution is -2.30. The predicted molar refractivity (Wildman–Crippen MR) is 127 cm³/mol. The molecule has 0 spiro atoms. The molecule has 2 aromatic rings. The zero-order valence-electron chi connectivity index (χ0n) is 20.8. The lowest BCUT2D eigenvalue weighted by molar-refractivity contribution is -0.145. The van der Waals surface area contributed by atoms with E-state index in [0.29, 0.717) is 37.2 Å². The molecule has 32 heavy (non-hydrogen) atoms. The third-order valence-electron chi connectivity index (χ3n) is 7.53. The first-order valence-corrected chi connectivity index (χ1v) is 11.6. The van der Waals surface area contributed by atoms with Gasteiger partial charge in [0.15, 0.2) is 0 Å². The smallest absolute Gasteiger partial charge is 0.314 e. The molecule has 172 valence electrons. The van der Waals surface area contributed by atoms with E-state index < -0.39 is 0 Å². The molecule has 4 heteroatoms. The molecule has 0 N–H and O–H groups in total. The minimum absolute atomic E-state index is 0.176. The van der Waals surface area contributed by atoms with Crippen LogP contribution in [0.5, 0.6) is 11.5 Å². The first kappa shape index (κ1) is 24.0. The predicted octanol–water partition coefficient (Wildman–Crippen LogP) is 6.47. The van der Waals surface area contributed by atoms with Crippen molar-refractivity contribution in [3.8, 4) is 11.5 Å². The second-order valence-electron chi connectivity index (χ2n) is 9.55. The van der Waals surface area contributed by atoms with E-state index in [1.165, 1.54) is 11.1 Å². The molecule has 1 fully saturated rings. The highest BCUT2D eigenvalue weighted by molar-refractivity contribution is 5.78. The zero-order valence-corrected chi connectivity index (χ0v) is 20.8.